The van der Waals surface area contributed by atoms with Crippen molar-refractivity contribution >= 4 is 11.8 Å². The monoisotopic (exact) mass is 146 g/mol. The lowest BCUT2D eigenvalue weighted by molar-refractivity contribution is 0.551. The molecule has 9 heavy (non-hydrogen) atoms. The second-order valence-electron chi connectivity index (χ2n) is 2.88. The standard InChI is InChI=1S/C8H18S/c1-8(2)6-4-5-7-9-3/h8H,4-7H2,1-3H3. The van der Waals surface area contributed by atoms with Crippen molar-refractivity contribution in [2.75, 3.05) is 12.0 Å². The minimum Gasteiger partial charge on any atom is -0.165 e. The van der Waals surface area contributed by atoms with Crippen molar-refractivity contribution in [2.45, 2.75) is 33.1 Å². The first kappa shape index (κ1) is 9.35. The number of rotatable bonds is 5. The molecule has 0 amide bonds. The number of unbranched alkanes of at least 4 members (excludes halogenated alkanes) is 1. The molecule has 0 radical (unpaired) electrons. The first-order valence-corrected chi connectivity index (χ1v) is 5.15. The van der Waals surface area contributed by atoms with E-state index in [0.717, 1.165) is 5.92 Å². The summed E-state index contributed by atoms with van der Waals surface area (Å²) in [6.07, 6.45) is 6.40. The molecule has 0 fully saturated rings. The van der Waals surface area contributed by atoms with Gasteiger partial charge in [-0.3, -0.25) is 0 Å². The topological polar surface area (TPSA) is 0 Å². The highest BCUT2D eigenvalue weighted by Gasteiger charge is 1.92. The van der Waals surface area contributed by atoms with E-state index in [1.807, 2.05) is 11.8 Å². The summed E-state index contributed by atoms with van der Waals surface area (Å²) in [5.74, 6) is 2.24. The van der Waals surface area contributed by atoms with Crippen LogP contribution >= 0.6 is 11.8 Å². The summed E-state index contributed by atoms with van der Waals surface area (Å²) in [5, 5.41) is 0. The maximum absolute atomic E-state index is 2.29. The Morgan fingerprint density at radius 3 is 2.33 bits per heavy atom. The second kappa shape index (κ2) is 6.47. The van der Waals surface area contributed by atoms with Crippen LogP contribution in [-0.4, -0.2) is 12.0 Å². The molecule has 0 atom stereocenters. The fraction of sp³-hybridized carbons (Fsp3) is 1.00. The lowest BCUT2D eigenvalue weighted by Gasteiger charge is -2.01. The molecule has 0 spiro atoms. The molecular weight excluding hydrogens is 128 g/mol. The largest absolute Gasteiger partial charge is 0.165 e. The fourth-order valence-electron chi connectivity index (χ4n) is 0.799. The van der Waals surface area contributed by atoms with Crippen LogP contribution in [0.1, 0.15) is 33.1 Å². The van der Waals surface area contributed by atoms with Crippen molar-refractivity contribution in [1.82, 2.24) is 0 Å². The molecule has 0 aliphatic rings. The van der Waals surface area contributed by atoms with E-state index >= 15 is 0 Å². The SMILES string of the molecule is CSCCCCC(C)C. The van der Waals surface area contributed by atoms with E-state index < -0.39 is 0 Å². The molecule has 0 rings (SSSR count). The van der Waals surface area contributed by atoms with E-state index in [-0.39, 0.29) is 0 Å². The molecule has 0 bridgehead atoms. The Kier molecular flexibility index (Phi) is 6.72. The maximum Gasteiger partial charge on any atom is -0.00703 e. The predicted molar refractivity (Wildman–Crippen MR) is 47.1 cm³/mol. The zero-order valence-corrected chi connectivity index (χ0v) is 7.63. The minimum atomic E-state index is 0.895. The van der Waals surface area contributed by atoms with E-state index in [4.69, 9.17) is 0 Å². The Hall–Kier alpha value is 0.350. The molecule has 0 nitrogen and oxygen atoms in total. The van der Waals surface area contributed by atoms with Crippen LogP contribution in [0.5, 0.6) is 0 Å². The Labute approximate surface area is 63.4 Å². The third-order valence-corrected chi connectivity index (χ3v) is 2.08. The van der Waals surface area contributed by atoms with Crippen LogP contribution in [0.15, 0.2) is 0 Å². The molecule has 0 saturated heterocycles. The third-order valence-electron chi connectivity index (χ3n) is 1.38. The molecule has 0 aromatic rings. The summed E-state index contributed by atoms with van der Waals surface area (Å²) in [6.45, 7) is 4.58. The average molecular weight is 146 g/mol. The third kappa shape index (κ3) is 8.35. The van der Waals surface area contributed by atoms with Crippen molar-refractivity contribution in [2.24, 2.45) is 5.92 Å². The molecule has 0 aliphatic carbocycles. The molecule has 0 aromatic heterocycles. The lowest BCUT2D eigenvalue weighted by Crippen LogP contribution is -1.87. The molecule has 0 saturated carbocycles. The fourth-order valence-corrected chi connectivity index (χ4v) is 1.29. The first-order chi connectivity index (χ1) is 4.27. The minimum absolute atomic E-state index is 0.895. The molecule has 56 valence electrons. The van der Waals surface area contributed by atoms with Gasteiger partial charge in [0.25, 0.3) is 0 Å². The maximum atomic E-state index is 2.29. The summed E-state index contributed by atoms with van der Waals surface area (Å²) >= 11 is 1.95. The van der Waals surface area contributed by atoms with Crippen LogP contribution in [0, 0.1) is 5.92 Å². The summed E-state index contributed by atoms with van der Waals surface area (Å²) in [5.41, 5.74) is 0. The van der Waals surface area contributed by atoms with Crippen LogP contribution in [0.25, 0.3) is 0 Å². The van der Waals surface area contributed by atoms with Crippen molar-refractivity contribution in [3.8, 4) is 0 Å². The van der Waals surface area contributed by atoms with Crippen molar-refractivity contribution in [3.05, 3.63) is 0 Å². The molecular formula is C8H18S. The van der Waals surface area contributed by atoms with Crippen molar-refractivity contribution in [1.29, 1.82) is 0 Å². The van der Waals surface area contributed by atoms with Gasteiger partial charge < -0.3 is 0 Å². The van der Waals surface area contributed by atoms with E-state index in [9.17, 15) is 0 Å². The van der Waals surface area contributed by atoms with Gasteiger partial charge in [-0.2, -0.15) is 11.8 Å². The highest BCUT2D eigenvalue weighted by Crippen LogP contribution is 2.08. The lowest BCUT2D eigenvalue weighted by atomic mass is 10.1. The van der Waals surface area contributed by atoms with Gasteiger partial charge in [0.15, 0.2) is 0 Å². The summed E-state index contributed by atoms with van der Waals surface area (Å²) in [6, 6.07) is 0. The normalized spacial score (nSPS) is 10.7. The zero-order valence-electron chi connectivity index (χ0n) is 6.81. The first-order valence-electron chi connectivity index (χ1n) is 3.76. The van der Waals surface area contributed by atoms with Gasteiger partial charge in [-0.25, -0.2) is 0 Å². The molecule has 0 unspecified atom stereocenters. The van der Waals surface area contributed by atoms with Gasteiger partial charge in [-0.05, 0) is 24.3 Å². The number of hydrogen-bond donors (Lipinski definition) is 0. The Morgan fingerprint density at radius 1 is 1.22 bits per heavy atom. The summed E-state index contributed by atoms with van der Waals surface area (Å²) < 4.78 is 0. The molecule has 0 aliphatic heterocycles. The molecule has 0 aromatic carbocycles. The number of hydrogen-bond acceptors (Lipinski definition) is 1. The van der Waals surface area contributed by atoms with Gasteiger partial charge in [0.1, 0.15) is 0 Å². The Bertz CT molecular complexity index is 50.5. The summed E-state index contributed by atoms with van der Waals surface area (Å²) in [4.78, 5) is 0. The van der Waals surface area contributed by atoms with Gasteiger partial charge in [-0.1, -0.05) is 26.7 Å². The van der Waals surface area contributed by atoms with Gasteiger partial charge in [-0.15, -0.1) is 0 Å². The van der Waals surface area contributed by atoms with E-state index in [0.29, 0.717) is 0 Å². The predicted octanol–water partition coefficient (Wildman–Crippen LogP) is 3.18. The van der Waals surface area contributed by atoms with Gasteiger partial charge in [0.05, 0.1) is 0 Å². The van der Waals surface area contributed by atoms with Crippen LogP contribution < -0.4 is 0 Å². The van der Waals surface area contributed by atoms with Crippen LogP contribution in [0.4, 0.5) is 0 Å². The van der Waals surface area contributed by atoms with Crippen LogP contribution in [0.3, 0.4) is 0 Å². The van der Waals surface area contributed by atoms with Crippen LogP contribution in [0.2, 0.25) is 0 Å². The van der Waals surface area contributed by atoms with Crippen LogP contribution in [-0.2, 0) is 0 Å². The highest BCUT2D eigenvalue weighted by molar-refractivity contribution is 7.98. The van der Waals surface area contributed by atoms with Crippen molar-refractivity contribution < 1.29 is 0 Å². The van der Waals surface area contributed by atoms with Gasteiger partial charge >= 0.3 is 0 Å². The molecule has 0 heterocycles. The van der Waals surface area contributed by atoms with E-state index in [1.165, 1.54) is 25.0 Å². The van der Waals surface area contributed by atoms with Gasteiger partial charge in [0.2, 0.25) is 0 Å². The smallest absolute Gasteiger partial charge is 0.00703 e. The zero-order chi connectivity index (χ0) is 7.11. The Balaban J connectivity index is 2.75. The molecule has 0 N–H and O–H groups in total. The van der Waals surface area contributed by atoms with E-state index in [2.05, 4.69) is 20.1 Å². The summed E-state index contributed by atoms with van der Waals surface area (Å²) in [7, 11) is 0. The van der Waals surface area contributed by atoms with Crippen molar-refractivity contribution in [3.63, 3.8) is 0 Å². The highest BCUT2D eigenvalue weighted by atomic mass is 32.2. The molecule has 1 heteroatoms. The Morgan fingerprint density at radius 2 is 1.89 bits per heavy atom. The van der Waals surface area contributed by atoms with Gasteiger partial charge in [0, 0.05) is 0 Å². The van der Waals surface area contributed by atoms with E-state index in [1.54, 1.807) is 0 Å². The average Bonchev–Trinajstić information content (AvgIpc) is 1.80. The number of thioether (sulfide) groups is 1. The second-order valence-corrected chi connectivity index (χ2v) is 3.87. The quantitative estimate of drug-likeness (QED) is 0.537.